The van der Waals surface area contributed by atoms with Gasteiger partial charge in [-0.25, -0.2) is 0 Å². The Morgan fingerprint density at radius 2 is 2.06 bits per heavy atom. The second-order valence-corrected chi connectivity index (χ2v) is 4.20. The number of rotatable bonds is 3. The van der Waals surface area contributed by atoms with Crippen LogP contribution in [0.2, 0.25) is 0 Å². The first-order valence-corrected chi connectivity index (χ1v) is 5.45. The first-order chi connectivity index (χ1) is 8.10. The van der Waals surface area contributed by atoms with Crippen molar-refractivity contribution >= 4 is 5.91 Å². The van der Waals surface area contributed by atoms with Crippen molar-refractivity contribution < 1.29 is 19.7 Å². The van der Waals surface area contributed by atoms with Crippen LogP contribution in [-0.2, 0) is 4.74 Å². The van der Waals surface area contributed by atoms with Crippen molar-refractivity contribution in [3.8, 4) is 11.5 Å². The fourth-order valence-corrected chi connectivity index (χ4v) is 1.81. The molecule has 17 heavy (non-hydrogen) atoms. The molecule has 1 amide bonds. The summed E-state index contributed by atoms with van der Waals surface area (Å²) in [5, 5.41) is 21.2. The summed E-state index contributed by atoms with van der Waals surface area (Å²) in [7, 11) is 1.65. The lowest BCUT2D eigenvalue weighted by molar-refractivity contribution is 0.0176. The van der Waals surface area contributed by atoms with Gasteiger partial charge in [-0.15, -0.1) is 0 Å². The van der Waals surface area contributed by atoms with Crippen molar-refractivity contribution in [2.24, 2.45) is 0 Å². The Morgan fingerprint density at radius 1 is 1.35 bits per heavy atom. The van der Waals surface area contributed by atoms with Crippen molar-refractivity contribution in [1.29, 1.82) is 0 Å². The van der Waals surface area contributed by atoms with Gasteiger partial charge in [-0.3, -0.25) is 4.79 Å². The number of carbonyl (C=O) groups excluding carboxylic acids is 1. The molecule has 0 aromatic heterocycles. The van der Waals surface area contributed by atoms with Crippen LogP contribution in [-0.4, -0.2) is 35.4 Å². The zero-order chi connectivity index (χ0) is 12.4. The summed E-state index contributed by atoms with van der Waals surface area (Å²) in [4.78, 5) is 11.8. The molecule has 1 aromatic rings. The van der Waals surface area contributed by atoms with E-state index in [1.54, 1.807) is 7.11 Å². The predicted octanol–water partition coefficient (Wildman–Crippen LogP) is 1.00. The van der Waals surface area contributed by atoms with Crippen molar-refractivity contribution in [3.63, 3.8) is 0 Å². The highest BCUT2D eigenvalue weighted by Gasteiger charge is 2.30. The van der Waals surface area contributed by atoms with Gasteiger partial charge >= 0.3 is 0 Å². The lowest BCUT2D eigenvalue weighted by Gasteiger charge is -2.34. The van der Waals surface area contributed by atoms with Crippen LogP contribution in [0.3, 0.4) is 0 Å². The lowest BCUT2D eigenvalue weighted by Crippen LogP contribution is -2.47. The van der Waals surface area contributed by atoms with Gasteiger partial charge in [-0.1, -0.05) is 0 Å². The van der Waals surface area contributed by atoms with Crippen molar-refractivity contribution in [3.05, 3.63) is 23.8 Å². The Kier molecular flexibility index (Phi) is 3.19. The number of hydrogen-bond donors (Lipinski definition) is 3. The summed E-state index contributed by atoms with van der Waals surface area (Å²) >= 11 is 0. The monoisotopic (exact) mass is 237 g/mol. The minimum atomic E-state index is -0.291. The van der Waals surface area contributed by atoms with Gasteiger partial charge in [-0.2, -0.15) is 0 Å². The highest BCUT2D eigenvalue weighted by Crippen LogP contribution is 2.26. The molecule has 1 aromatic carbocycles. The number of phenols is 2. The molecule has 0 heterocycles. The van der Waals surface area contributed by atoms with Gasteiger partial charge in [0, 0.05) is 18.7 Å². The maximum atomic E-state index is 11.8. The normalized spacial score (nSPS) is 22.9. The molecule has 2 rings (SSSR count). The number of phenolic OH excluding ortho intramolecular Hbond substituents is 2. The Bertz CT molecular complexity index is 427. The van der Waals surface area contributed by atoms with Crippen LogP contribution >= 0.6 is 0 Å². The molecule has 3 N–H and O–H groups in total. The molecule has 0 bridgehead atoms. The molecule has 1 fully saturated rings. The van der Waals surface area contributed by atoms with E-state index in [9.17, 15) is 9.90 Å². The van der Waals surface area contributed by atoms with E-state index in [2.05, 4.69) is 5.32 Å². The maximum Gasteiger partial charge on any atom is 0.251 e. The molecule has 0 radical (unpaired) electrons. The smallest absolute Gasteiger partial charge is 0.251 e. The third-order valence-corrected chi connectivity index (χ3v) is 3.00. The van der Waals surface area contributed by atoms with Crippen molar-refractivity contribution in [1.82, 2.24) is 5.32 Å². The van der Waals surface area contributed by atoms with Gasteiger partial charge in [0.25, 0.3) is 5.91 Å². The van der Waals surface area contributed by atoms with E-state index >= 15 is 0 Å². The molecule has 1 aliphatic rings. The fraction of sp³-hybridized carbons (Fsp3) is 0.417. The summed E-state index contributed by atoms with van der Waals surface area (Å²) in [5.74, 6) is -0.773. The zero-order valence-electron chi connectivity index (χ0n) is 9.51. The third-order valence-electron chi connectivity index (χ3n) is 3.00. The number of amides is 1. The number of aromatic hydroxyl groups is 2. The van der Waals surface area contributed by atoms with Gasteiger partial charge in [0.15, 0.2) is 11.5 Å². The highest BCUT2D eigenvalue weighted by molar-refractivity contribution is 5.95. The summed E-state index contributed by atoms with van der Waals surface area (Å²) < 4.78 is 5.11. The number of ether oxygens (including phenoxy) is 1. The van der Waals surface area contributed by atoms with Gasteiger partial charge in [0.05, 0.1) is 6.10 Å². The molecule has 0 atom stereocenters. The predicted molar refractivity (Wildman–Crippen MR) is 61.1 cm³/mol. The third kappa shape index (κ3) is 2.50. The van der Waals surface area contributed by atoms with Gasteiger partial charge in [0.2, 0.25) is 0 Å². The molecule has 1 saturated carbocycles. The molecule has 92 valence electrons. The summed E-state index contributed by atoms with van der Waals surface area (Å²) in [6.07, 6.45) is 1.85. The molecule has 5 heteroatoms. The van der Waals surface area contributed by atoms with Gasteiger partial charge < -0.3 is 20.3 Å². The van der Waals surface area contributed by atoms with Crippen LogP contribution in [0, 0.1) is 0 Å². The van der Waals surface area contributed by atoms with E-state index in [-0.39, 0.29) is 29.6 Å². The largest absolute Gasteiger partial charge is 0.504 e. The number of benzene rings is 1. The summed E-state index contributed by atoms with van der Waals surface area (Å²) in [5.41, 5.74) is 0.334. The SMILES string of the molecule is COC1CC(NC(=O)c2ccc(O)c(O)c2)C1. The number of nitrogens with one attached hydrogen (secondary N) is 1. The second-order valence-electron chi connectivity index (χ2n) is 4.20. The second kappa shape index (κ2) is 4.63. The van der Waals surface area contributed by atoms with Crippen molar-refractivity contribution in [2.45, 2.75) is 25.0 Å². The van der Waals surface area contributed by atoms with Crippen LogP contribution in [0.4, 0.5) is 0 Å². The Morgan fingerprint density at radius 3 is 2.65 bits per heavy atom. The first-order valence-electron chi connectivity index (χ1n) is 5.45. The van der Waals surface area contributed by atoms with Crippen LogP contribution in [0.15, 0.2) is 18.2 Å². The fourth-order valence-electron chi connectivity index (χ4n) is 1.81. The molecule has 0 saturated heterocycles. The zero-order valence-corrected chi connectivity index (χ0v) is 9.51. The Balaban J connectivity index is 1.94. The molecule has 0 spiro atoms. The minimum Gasteiger partial charge on any atom is -0.504 e. The average Bonchev–Trinajstić information content (AvgIpc) is 2.26. The maximum absolute atomic E-state index is 11.8. The average molecular weight is 237 g/mol. The van der Waals surface area contributed by atoms with E-state index < -0.39 is 0 Å². The molecule has 0 unspecified atom stereocenters. The van der Waals surface area contributed by atoms with E-state index in [1.807, 2.05) is 0 Å². The molecular formula is C12H15NO4. The van der Waals surface area contributed by atoms with Gasteiger partial charge in [0.1, 0.15) is 0 Å². The highest BCUT2D eigenvalue weighted by atomic mass is 16.5. The number of carbonyl (C=O) groups is 1. The van der Waals surface area contributed by atoms with E-state index in [4.69, 9.17) is 9.84 Å². The molecular weight excluding hydrogens is 222 g/mol. The van der Waals surface area contributed by atoms with Crippen LogP contribution < -0.4 is 5.32 Å². The standard InChI is InChI=1S/C12H15NO4/c1-17-9-5-8(6-9)13-12(16)7-2-3-10(14)11(15)4-7/h2-4,8-9,14-15H,5-6H2,1H3,(H,13,16). The molecule has 1 aliphatic carbocycles. The Hall–Kier alpha value is -1.75. The van der Waals surface area contributed by atoms with E-state index in [1.165, 1.54) is 18.2 Å². The number of methoxy groups -OCH3 is 1. The van der Waals surface area contributed by atoms with Gasteiger partial charge in [-0.05, 0) is 31.0 Å². The van der Waals surface area contributed by atoms with Crippen LogP contribution in [0.1, 0.15) is 23.2 Å². The molecule has 0 aliphatic heterocycles. The summed E-state index contributed by atoms with van der Waals surface area (Å²) in [6.45, 7) is 0. The quantitative estimate of drug-likeness (QED) is 0.685. The number of hydrogen-bond acceptors (Lipinski definition) is 4. The van der Waals surface area contributed by atoms with E-state index in [0.29, 0.717) is 5.56 Å². The van der Waals surface area contributed by atoms with Crippen molar-refractivity contribution in [2.75, 3.05) is 7.11 Å². The Labute approximate surface area is 99.0 Å². The summed E-state index contributed by atoms with van der Waals surface area (Å²) in [6, 6.07) is 4.14. The minimum absolute atomic E-state index is 0.128. The van der Waals surface area contributed by atoms with Crippen LogP contribution in [0.5, 0.6) is 11.5 Å². The van der Waals surface area contributed by atoms with E-state index in [0.717, 1.165) is 12.8 Å². The lowest BCUT2D eigenvalue weighted by atomic mass is 9.89. The molecule has 5 nitrogen and oxygen atoms in total. The topological polar surface area (TPSA) is 78.8 Å². The first kappa shape index (κ1) is 11.7. The van der Waals surface area contributed by atoms with Crippen LogP contribution in [0.25, 0.3) is 0 Å².